The van der Waals surface area contributed by atoms with Gasteiger partial charge in [0.25, 0.3) is 0 Å². The Kier molecular flexibility index (Phi) is 19.7. The molecule has 35 heavy (non-hydrogen) atoms. The molecule has 0 bridgehead atoms. The molecular weight excluding hydrogens is 482 g/mol. The van der Waals surface area contributed by atoms with Gasteiger partial charge in [-0.3, -0.25) is 0 Å². The number of hydrogen-bond acceptors (Lipinski definition) is 8. The van der Waals surface area contributed by atoms with E-state index in [4.69, 9.17) is 4.74 Å². The molecule has 2 rings (SSSR count). The van der Waals surface area contributed by atoms with Gasteiger partial charge in [-0.1, -0.05) is 61.1 Å². The molecule has 3 N–H and O–H groups in total. The lowest BCUT2D eigenvalue weighted by Gasteiger charge is -2.14. The fraction of sp³-hybridized carbons (Fsp3) is 0.520. The van der Waals surface area contributed by atoms with E-state index in [-0.39, 0.29) is 5.75 Å². The maximum absolute atomic E-state index is 12.3. The quantitative estimate of drug-likeness (QED) is 0.235. The van der Waals surface area contributed by atoms with Crippen LogP contribution in [0.15, 0.2) is 47.3 Å². The van der Waals surface area contributed by atoms with Gasteiger partial charge in [0.1, 0.15) is 16.7 Å². The highest BCUT2D eigenvalue weighted by Gasteiger charge is 2.17. The number of allylic oxidation sites excluding steroid dienone is 2. The summed E-state index contributed by atoms with van der Waals surface area (Å²) >= 11 is 1.03. The van der Waals surface area contributed by atoms with E-state index in [1.54, 1.807) is 39.2 Å². The smallest absolute Gasteiger partial charge is 0.188 e. The van der Waals surface area contributed by atoms with Crippen LogP contribution in [0.5, 0.6) is 5.75 Å². The third kappa shape index (κ3) is 13.9. The molecule has 10 heteroatoms. The largest absolute Gasteiger partial charge is 0.505 e. The topological polar surface area (TPSA) is 99.6 Å². The van der Waals surface area contributed by atoms with Crippen molar-refractivity contribution >= 4 is 40.0 Å². The first-order valence-corrected chi connectivity index (χ1v) is 13.6. The maximum Gasteiger partial charge on any atom is 0.188 e. The molecule has 1 aromatic heterocycles. The summed E-state index contributed by atoms with van der Waals surface area (Å²) in [6.07, 6.45) is 1.83. The van der Waals surface area contributed by atoms with E-state index in [2.05, 4.69) is 46.7 Å². The lowest BCUT2D eigenvalue weighted by Crippen LogP contribution is -2.15. The van der Waals surface area contributed by atoms with E-state index in [0.717, 1.165) is 17.6 Å². The van der Waals surface area contributed by atoms with Crippen molar-refractivity contribution in [3.8, 4) is 5.75 Å². The number of para-hydroxylation sites is 1. The number of phenols is 1. The molecule has 200 valence electrons. The van der Waals surface area contributed by atoms with Crippen molar-refractivity contribution in [2.24, 2.45) is 5.92 Å². The molecule has 0 saturated heterocycles. The molecule has 1 heterocycles. The van der Waals surface area contributed by atoms with Gasteiger partial charge in [0.05, 0.1) is 34.6 Å². The Morgan fingerprint density at radius 1 is 1.20 bits per heavy atom. The summed E-state index contributed by atoms with van der Waals surface area (Å²) in [7, 11) is 1.88. The fourth-order valence-corrected chi connectivity index (χ4v) is 3.42. The number of nitrogens with one attached hydrogen (secondary N) is 2. The van der Waals surface area contributed by atoms with Crippen molar-refractivity contribution in [2.45, 2.75) is 67.2 Å². The van der Waals surface area contributed by atoms with Crippen LogP contribution in [-0.4, -0.2) is 43.0 Å². The summed E-state index contributed by atoms with van der Waals surface area (Å²) in [6.45, 7) is 22.3. The minimum absolute atomic E-state index is 0.0942. The van der Waals surface area contributed by atoms with Crippen molar-refractivity contribution in [2.75, 3.05) is 31.3 Å². The summed E-state index contributed by atoms with van der Waals surface area (Å²) in [5, 5.41) is 16.6. The number of hydrogen-bond donors (Lipinski definition) is 3. The lowest BCUT2D eigenvalue weighted by molar-refractivity contribution is 0.306. The predicted octanol–water partition coefficient (Wildman–Crippen LogP) is 7.15. The van der Waals surface area contributed by atoms with Gasteiger partial charge >= 0.3 is 0 Å². The first kappa shape index (κ1) is 34.7. The van der Waals surface area contributed by atoms with E-state index in [1.165, 1.54) is 4.31 Å². The van der Waals surface area contributed by atoms with Crippen LogP contribution >= 0.6 is 11.7 Å². The van der Waals surface area contributed by atoms with Crippen LogP contribution < -0.4 is 10.6 Å². The van der Waals surface area contributed by atoms with Crippen LogP contribution in [0.25, 0.3) is 0 Å². The maximum atomic E-state index is 12.3. The second-order valence-corrected chi connectivity index (χ2v) is 9.64. The van der Waals surface area contributed by atoms with Crippen LogP contribution in [0.1, 0.15) is 62.3 Å². The summed E-state index contributed by atoms with van der Waals surface area (Å²) in [6, 6.07) is 5.00. The molecule has 0 spiro atoms. The summed E-state index contributed by atoms with van der Waals surface area (Å²) in [4.78, 5) is 0.314. The second-order valence-electron chi connectivity index (χ2n) is 7.44. The van der Waals surface area contributed by atoms with Crippen molar-refractivity contribution in [1.29, 1.82) is 0 Å². The molecule has 1 atom stereocenters. The van der Waals surface area contributed by atoms with E-state index in [1.807, 2.05) is 40.7 Å². The molecule has 0 fully saturated rings. The molecular formula is C25H45N5O3S2. The number of aromatic nitrogens is 2. The van der Waals surface area contributed by atoms with Crippen LogP contribution in [0.2, 0.25) is 0 Å². The Morgan fingerprint density at radius 2 is 1.74 bits per heavy atom. The van der Waals surface area contributed by atoms with E-state index >= 15 is 0 Å². The fourth-order valence-electron chi connectivity index (χ4n) is 2.07. The van der Waals surface area contributed by atoms with Crippen LogP contribution in [0.4, 0.5) is 17.3 Å². The van der Waals surface area contributed by atoms with Crippen molar-refractivity contribution in [3.63, 3.8) is 0 Å². The Hall–Kier alpha value is -2.43. The van der Waals surface area contributed by atoms with E-state index < -0.39 is 11.0 Å². The first-order valence-electron chi connectivity index (χ1n) is 11.8. The van der Waals surface area contributed by atoms with Crippen LogP contribution in [-0.2, 0) is 15.7 Å². The average Bonchev–Trinajstić information content (AvgIpc) is 3.26. The van der Waals surface area contributed by atoms with Crippen LogP contribution in [0, 0.1) is 5.92 Å². The Balaban J connectivity index is 0. The number of benzene rings is 1. The van der Waals surface area contributed by atoms with Gasteiger partial charge in [-0.25, -0.2) is 8.51 Å². The summed E-state index contributed by atoms with van der Waals surface area (Å²) in [5.41, 5.74) is 0.392. The molecule has 0 aliphatic heterocycles. The summed E-state index contributed by atoms with van der Waals surface area (Å²) in [5.74, 6) is 3.00. The molecule has 8 nitrogen and oxygen atoms in total. The minimum Gasteiger partial charge on any atom is -0.505 e. The van der Waals surface area contributed by atoms with Gasteiger partial charge in [-0.2, -0.15) is 8.75 Å². The van der Waals surface area contributed by atoms with Crippen molar-refractivity contribution in [1.82, 2.24) is 13.1 Å². The molecule has 0 aliphatic rings. The molecule has 1 aromatic carbocycles. The minimum atomic E-state index is -1.47. The molecule has 0 radical (unpaired) electrons. The third-order valence-electron chi connectivity index (χ3n) is 3.32. The van der Waals surface area contributed by atoms with Crippen molar-refractivity contribution in [3.05, 3.63) is 42.4 Å². The molecule has 0 aliphatic carbocycles. The van der Waals surface area contributed by atoms with Crippen LogP contribution in [0.3, 0.4) is 0 Å². The van der Waals surface area contributed by atoms with Gasteiger partial charge < -0.3 is 20.5 Å². The van der Waals surface area contributed by atoms with Crippen molar-refractivity contribution < 1.29 is 14.1 Å². The zero-order chi connectivity index (χ0) is 27.6. The number of phenolic OH excluding ortho intramolecular Hbond substituents is 1. The predicted molar refractivity (Wildman–Crippen MR) is 153 cm³/mol. The number of anilines is 3. The van der Waals surface area contributed by atoms with Gasteiger partial charge in [-0.05, 0) is 52.1 Å². The normalized spacial score (nSPS) is 11.2. The second kappa shape index (κ2) is 19.8. The summed E-state index contributed by atoms with van der Waals surface area (Å²) < 4.78 is 27.7. The molecule has 2 aromatic rings. The standard InChI is InChI=1S/C17H23N5O3S2.C4H10.2C2H6/c1-6-12(25-11(2)3)10-18-16-17(21-26-20-16)19-13-8-7-9-14(15(13)23)27(24)22(4)5;1-4(2)3;2*1-2/h6-9,23H,2,10H2,1,3-5H3,(H,18,20)(H,19,21);4H,1-3H3;2*1-2H3/b12-6-;;;. The zero-order valence-corrected chi connectivity index (χ0v) is 24.9. The molecule has 0 saturated carbocycles. The number of aromatic hydroxyl groups is 1. The monoisotopic (exact) mass is 527 g/mol. The molecule has 1 unspecified atom stereocenters. The van der Waals surface area contributed by atoms with E-state index in [0.29, 0.717) is 40.3 Å². The SMILES string of the molecule is C=C(C)O/C(=C\C)CNc1nsnc1Nc1cccc(S(=O)N(C)C)c1O.CC.CC.CC(C)C. The Bertz CT molecular complexity index is 910. The number of nitrogens with zero attached hydrogens (tertiary/aromatic N) is 3. The number of ether oxygens (including phenoxy) is 1. The zero-order valence-electron chi connectivity index (χ0n) is 23.2. The number of rotatable bonds is 9. The highest BCUT2D eigenvalue weighted by molar-refractivity contribution is 7.82. The molecule has 0 amide bonds. The van der Waals surface area contributed by atoms with Gasteiger partial charge in [0.2, 0.25) is 0 Å². The lowest BCUT2D eigenvalue weighted by atomic mass is 10.3. The van der Waals surface area contributed by atoms with E-state index in [9.17, 15) is 9.32 Å². The Labute approximate surface area is 219 Å². The van der Waals surface area contributed by atoms with Gasteiger partial charge in [0.15, 0.2) is 17.4 Å². The van der Waals surface area contributed by atoms with Gasteiger partial charge in [0, 0.05) is 0 Å². The van der Waals surface area contributed by atoms with Gasteiger partial charge in [-0.15, -0.1) is 0 Å². The highest BCUT2D eigenvalue weighted by atomic mass is 32.2. The Morgan fingerprint density at radius 3 is 2.23 bits per heavy atom. The average molecular weight is 528 g/mol. The highest BCUT2D eigenvalue weighted by Crippen LogP contribution is 2.34. The first-order chi connectivity index (χ1) is 16.6. The third-order valence-corrected chi connectivity index (χ3v) is 5.22.